The highest BCUT2D eigenvalue weighted by atomic mass is 35.5. The van der Waals surface area contributed by atoms with Crippen LogP contribution in [0.25, 0.3) is 0 Å². The number of nitrogens with two attached hydrogens (primary N) is 1. The van der Waals surface area contributed by atoms with Gasteiger partial charge in [-0.3, -0.25) is 0 Å². The highest BCUT2D eigenvalue weighted by molar-refractivity contribution is 6.29. The first-order chi connectivity index (χ1) is 5.72. The summed E-state index contributed by atoms with van der Waals surface area (Å²) < 4.78 is 0. The smallest absolute Gasteiger partial charge is 0.239 e. The third-order valence-electron chi connectivity index (χ3n) is 1.07. The molecule has 1 aromatic heterocycles. The number of pyridine rings is 1. The SMILES string of the molecule is N=NC(N)=Nc1ccnc(Cl)c1. The highest BCUT2D eigenvalue weighted by Gasteiger charge is 1.92. The van der Waals surface area contributed by atoms with Gasteiger partial charge in [-0.05, 0) is 6.07 Å². The first kappa shape index (κ1) is 8.61. The summed E-state index contributed by atoms with van der Waals surface area (Å²) >= 11 is 5.57. The number of aliphatic imine (C=N–C) groups is 1. The van der Waals surface area contributed by atoms with Crippen LogP contribution >= 0.6 is 11.6 Å². The first-order valence-electron chi connectivity index (χ1n) is 3.05. The zero-order chi connectivity index (χ0) is 8.97. The van der Waals surface area contributed by atoms with E-state index in [9.17, 15) is 0 Å². The maximum atomic E-state index is 6.53. The molecule has 62 valence electrons. The molecule has 1 heterocycles. The Kier molecular flexibility index (Phi) is 2.71. The van der Waals surface area contributed by atoms with Gasteiger partial charge in [0, 0.05) is 12.3 Å². The largest absolute Gasteiger partial charge is 0.366 e. The molecular formula is C6H6ClN5. The van der Waals surface area contributed by atoms with Crippen LogP contribution in [0.4, 0.5) is 5.69 Å². The summed E-state index contributed by atoms with van der Waals surface area (Å²) in [5.74, 6) is -0.114. The average Bonchev–Trinajstić information content (AvgIpc) is 2.04. The number of hydrogen-bond donors (Lipinski definition) is 2. The van der Waals surface area contributed by atoms with E-state index in [0.717, 1.165) is 0 Å². The van der Waals surface area contributed by atoms with Crippen LogP contribution in [0.5, 0.6) is 0 Å². The second-order valence-corrected chi connectivity index (χ2v) is 2.31. The molecule has 3 N–H and O–H groups in total. The molecule has 12 heavy (non-hydrogen) atoms. The van der Waals surface area contributed by atoms with Crippen molar-refractivity contribution in [3.05, 3.63) is 23.5 Å². The molecule has 0 bridgehead atoms. The summed E-state index contributed by atoms with van der Waals surface area (Å²) in [5, 5.41) is 3.26. The van der Waals surface area contributed by atoms with Gasteiger partial charge < -0.3 is 5.73 Å². The summed E-state index contributed by atoms with van der Waals surface area (Å²) in [6, 6.07) is 3.14. The number of nitrogens with zero attached hydrogens (tertiary/aromatic N) is 3. The average molecular weight is 184 g/mol. The van der Waals surface area contributed by atoms with E-state index >= 15 is 0 Å². The minimum absolute atomic E-state index is 0.114. The lowest BCUT2D eigenvalue weighted by Gasteiger charge is -1.93. The molecule has 0 radical (unpaired) electrons. The van der Waals surface area contributed by atoms with Gasteiger partial charge in [-0.25, -0.2) is 15.5 Å². The standard InChI is InChI=1S/C6H6ClN5/c7-5-3-4(1-2-10-5)11-6(8)12-9/h1-3,9H,(H2,8,10,11). The van der Waals surface area contributed by atoms with Gasteiger partial charge in [0.1, 0.15) is 5.15 Å². The fourth-order valence-electron chi connectivity index (χ4n) is 0.619. The van der Waals surface area contributed by atoms with E-state index in [1.807, 2.05) is 0 Å². The predicted molar refractivity (Wildman–Crippen MR) is 45.7 cm³/mol. The molecule has 5 nitrogen and oxygen atoms in total. The quantitative estimate of drug-likeness (QED) is 0.301. The van der Waals surface area contributed by atoms with Crippen molar-refractivity contribution in [3.8, 4) is 0 Å². The van der Waals surface area contributed by atoms with E-state index in [1.54, 1.807) is 6.07 Å². The third-order valence-corrected chi connectivity index (χ3v) is 1.28. The number of hydrogen-bond acceptors (Lipinski definition) is 3. The number of aromatic nitrogens is 1. The van der Waals surface area contributed by atoms with E-state index in [4.69, 9.17) is 22.9 Å². The lowest BCUT2D eigenvalue weighted by Crippen LogP contribution is -2.05. The van der Waals surface area contributed by atoms with Gasteiger partial charge in [0.05, 0.1) is 5.69 Å². The maximum Gasteiger partial charge on any atom is 0.239 e. The van der Waals surface area contributed by atoms with Crippen molar-refractivity contribution in [2.24, 2.45) is 15.8 Å². The summed E-state index contributed by atoms with van der Waals surface area (Å²) in [7, 11) is 0. The third kappa shape index (κ3) is 2.28. The second kappa shape index (κ2) is 3.77. The van der Waals surface area contributed by atoms with Crippen LogP contribution in [0, 0.1) is 5.53 Å². The Bertz CT molecular complexity index is 321. The molecule has 0 aromatic carbocycles. The molecule has 0 fully saturated rings. The topological polar surface area (TPSA) is 87.5 Å². The van der Waals surface area contributed by atoms with E-state index in [2.05, 4.69) is 15.1 Å². The van der Waals surface area contributed by atoms with Crippen LogP contribution in [-0.4, -0.2) is 10.9 Å². The van der Waals surface area contributed by atoms with Crippen molar-refractivity contribution >= 4 is 23.2 Å². The van der Waals surface area contributed by atoms with Gasteiger partial charge in [-0.15, -0.1) is 5.11 Å². The molecule has 0 aliphatic rings. The molecule has 0 amide bonds. The second-order valence-electron chi connectivity index (χ2n) is 1.92. The van der Waals surface area contributed by atoms with E-state index in [0.29, 0.717) is 10.8 Å². The lowest BCUT2D eigenvalue weighted by molar-refractivity contribution is 1.16. The van der Waals surface area contributed by atoms with Crippen LogP contribution < -0.4 is 5.73 Å². The normalized spacial score (nSPS) is 11.2. The van der Waals surface area contributed by atoms with Crippen LogP contribution in [0.15, 0.2) is 28.4 Å². The first-order valence-corrected chi connectivity index (χ1v) is 3.43. The van der Waals surface area contributed by atoms with E-state index in [1.165, 1.54) is 12.3 Å². The molecular weight excluding hydrogens is 178 g/mol. The van der Waals surface area contributed by atoms with E-state index < -0.39 is 0 Å². The van der Waals surface area contributed by atoms with Crippen molar-refractivity contribution in [3.63, 3.8) is 0 Å². The monoisotopic (exact) mass is 183 g/mol. The van der Waals surface area contributed by atoms with Crippen molar-refractivity contribution in [1.82, 2.24) is 4.98 Å². The van der Waals surface area contributed by atoms with Crippen molar-refractivity contribution < 1.29 is 0 Å². The summed E-state index contributed by atoms with van der Waals surface area (Å²) in [4.78, 5) is 7.50. The maximum absolute atomic E-state index is 6.53. The molecule has 0 atom stereocenters. The van der Waals surface area contributed by atoms with E-state index in [-0.39, 0.29) is 5.96 Å². The van der Waals surface area contributed by atoms with Crippen molar-refractivity contribution in [2.75, 3.05) is 0 Å². The molecule has 1 aromatic rings. The predicted octanol–water partition coefficient (Wildman–Crippen LogP) is 1.71. The van der Waals surface area contributed by atoms with Crippen LogP contribution in [0.3, 0.4) is 0 Å². The summed E-state index contributed by atoms with van der Waals surface area (Å²) in [6.07, 6.45) is 1.50. The molecule has 0 saturated carbocycles. The van der Waals surface area contributed by atoms with Crippen LogP contribution in [0.2, 0.25) is 5.15 Å². The Morgan fingerprint density at radius 1 is 1.67 bits per heavy atom. The number of rotatable bonds is 1. The van der Waals surface area contributed by atoms with Crippen molar-refractivity contribution in [2.45, 2.75) is 0 Å². The van der Waals surface area contributed by atoms with Gasteiger partial charge >= 0.3 is 0 Å². The van der Waals surface area contributed by atoms with Crippen LogP contribution in [-0.2, 0) is 0 Å². The summed E-state index contributed by atoms with van der Waals surface area (Å²) in [6.45, 7) is 0. The molecule has 0 unspecified atom stereocenters. The number of halogens is 1. The Morgan fingerprint density at radius 2 is 2.42 bits per heavy atom. The minimum Gasteiger partial charge on any atom is -0.366 e. The molecule has 0 aliphatic carbocycles. The van der Waals surface area contributed by atoms with Gasteiger partial charge in [0.2, 0.25) is 5.96 Å². The number of guanidine groups is 1. The van der Waals surface area contributed by atoms with Gasteiger partial charge in [0.15, 0.2) is 0 Å². The number of nitrogens with one attached hydrogen (secondary N) is 1. The molecule has 0 aliphatic heterocycles. The minimum atomic E-state index is -0.114. The molecule has 6 heteroatoms. The molecule has 1 rings (SSSR count). The van der Waals surface area contributed by atoms with Gasteiger partial charge in [0.25, 0.3) is 0 Å². The Morgan fingerprint density at radius 3 is 3.00 bits per heavy atom. The van der Waals surface area contributed by atoms with Crippen molar-refractivity contribution in [1.29, 1.82) is 5.53 Å². The fraction of sp³-hybridized carbons (Fsp3) is 0. The highest BCUT2D eigenvalue weighted by Crippen LogP contribution is 2.14. The Labute approximate surface area is 73.8 Å². The zero-order valence-electron chi connectivity index (χ0n) is 6.03. The Balaban J connectivity index is 2.97. The zero-order valence-corrected chi connectivity index (χ0v) is 6.78. The molecule has 0 spiro atoms. The van der Waals surface area contributed by atoms with Gasteiger partial charge in [-0.1, -0.05) is 11.6 Å². The Hall–Kier alpha value is -1.49. The fourth-order valence-corrected chi connectivity index (χ4v) is 0.787. The molecule has 0 saturated heterocycles. The van der Waals surface area contributed by atoms with Crippen LogP contribution in [0.1, 0.15) is 0 Å². The summed E-state index contributed by atoms with van der Waals surface area (Å²) in [5.41, 5.74) is 12.3. The lowest BCUT2D eigenvalue weighted by atomic mass is 10.4. The van der Waals surface area contributed by atoms with Gasteiger partial charge in [-0.2, -0.15) is 0 Å².